The van der Waals surface area contributed by atoms with Crippen LogP contribution in [0.25, 0.3) is 11.4 Å². The Kier molecular flexibility index (Phi) is 4.89. The lowest BCUT2D eigenvalue weighted by atomic mass is 10.1. The van der Waals surface area contributed by atoms with Crippen molar-refractivity contribution in [3.05, 3.63) is 87.7 Å². The number of aromatic nitrogens is 5. The average Bonchev–Trinajstić information content (AvgIpc) is 3.36. The third-order valence-corrected chi connectivity index (χ3v) is 5.29. The van der Waals surface area contributed by atoms with Crippen LogP contribution in [0.4, 0.5) is 4.39 Å². The van der Waals surface area contributed by atoms with Crippen LogP contribution in [-0.2, 0) is 19.6 Å². The Balaban J connectivity index is 1.36. The van der Waals surface area contributed by atoms with Gasteiger partial charge in [-0.15, -0.1) is 5.10 Å². The summed E-state index contributed by atoms with van der Waals surface area (Å²) in [5, 5.41) is 8.06. The SMILES string of the molecule is Cc1cccc(CN2CCn3c(nn(Cc4nc(-c5cccc(F)c5)no4)c3=O)C2=O)c1. The quantitative estimate of drug-likeness (QED) is 0.478. The van der Waals surface area contributed by atoms with Gasteiger partial charge in [-0.1, -0.05) is 47.1 Å². The highest BCUT2D eigenvalue weighted by Crippen LogP contribution is 2.17. The van der Waals surface area contributed by atoms with E-state index in [9.17, 15) is 14.0 Å². The molecule has 2 aromatic carbocycles. The van der Waals surface area contributed by atoms with Gasteiger partial charge in [0.2, 0.25) is 17.5 Å². The molecule has 1 aliphatic rings. The highest BCUT2D eigenvalue weighted by atomic mass is 19.1. The molecular weight excluding hydrogens is 415 g/mol. The molecule has 0 saturated carbocycles. The zero-order valence-electron chi connectivity index (χ0n) is 17.2. The van der Waals surface area contributed by atoms with Crippen molar-refractivity contribution in [1.29, 1.82) is 0 Å². The molecule has 0 atom stereocenters. The molecule has 32 heavy (non-hydrogen) atoms. The number of hydrogen-bond acceptors (Lipinski definition) is 6. The van der Waals surface area contributed by atoms with Gasteiger partial charge in [-0.25, -0.2) is 13.9 Å². The molecular formula is C22H19FN6O3. The summed E-state index contributed by atoms with van der Waals surface area (Å²) in [6.45, 7) is 3.12. The van der Waals surface area contributed by atoms with Crippen LogP contribution >= 0.6 is 0 Å². The first-order chi connectivity index (χ1) is 15.5. The molecule has 0 spiro atoms. The molecule has 0 unspecified atom stereocenters. The number of carbonyl (C=O) groups excluding carboxylic acids is 1. The van der Waals surface area contributed by atoms with Crippen molar-refractivity contribution in [3.8, 4) is 11.4 Å². The minimum absolute atomic E-state index is 0.0822. The maximum atomic E-state index is 13.4. The lowest BCUT2D eigenvalue weighted by molar-refractivity contribution is 0.0681. The van der Waals surface area contributed by atoms with E-state index in [2.05, 4.69) is 15.2 Å². The van der Waals surface area contributed by atoms with E-state index in [0.717, 1.165) is 15.8 Å². The standard InChI is InChI=1S/C22H19FN6O3/c1-14-4-2-5-15(10-14)12-27-8-9-28-20(21(27)30)25-29(22(28)31)13-18-24-19(26-32-18)16-6-3-7-17(23)11-16/h2-7,10-11H,8-9,12-13H2,1H3. The van der Waals surface area contributed by atoms with E-state index in [-0.39, 0.29) is 30.0 Å². The zero-order chi connectivity index (χ0) is 22.2. The van der Waals surface area contributed by atoms with Crippen molar-refractivity contribution < 1.29 is 13.7 Å². The molecule has 1 amide bonds. The summed E-state index contributed by atoms with van der Waals surface area (Å²) in [4.78, 5) is 31.6. The average molecular weight is 434 g/mol. The second-order valence-electron chi connectivity index (χ2n) is 7.65. The molecule has 9 nitrogen and oxygen atoms in total. The van der Waals surface area contributed by atoms with Crippen LogP contribution < -0.4 is 5.69 Å². The van der Waals surface area contributed by atoms with Crippen LogP contribution in [0, 0.1) is 12.7 Å². The number of halogens is 1. The molecule has 0 fully saturated rings. The van der Waals surface area contributed by atoms with Crippen molar-refractivity contribution in [1.82, 2.24) is 29.4 Å². The van der Waals surface area contributed by atoms with E-state index in [1.54, 1.807) is 17.0 Å². The van der Waals surface area contributed by atoms with Gasteiger partial charge in [0.1, 0.15) is 12.4 Å². The van der Waals surface area contributed by atoms with E-state index in [1.165, 1.54) is 16.7 Å². The first-order valence-electron chi connectivity index (χ1n) is 10.1. The summed E-state index contributed by atoms with van der Waals surface area (Å²) in [6.07, 6.45) is 0. The van der Waals surface area contributed by atoms with Gasteiger partial charge in [0, 0.05) is 25.2 Å². The van der Waals surface area contributed by atoms with Crippen molar-refractivity contribution >= 4 is 5.91 Å². The van der Waals surface area contributed by atoms with Crippen LogP contribution in [0.1, 0.15) is 27.6 Å². The third kappa shape index (κ3) is 3.70. The molecule has 2 aromatic heterocycles. The predicted molar refractivity (Wildman–Crippen MR) is 111 cm³/mol. The normalized spacial score (nSPS) is 13.4. The summed E-state index contributed by atoms with van der Waals surface area (Å²) < 4.78 is 21.1. The van der Waals surface area contributed by atoms with Crippen LogP contribution in [0.2, 0.25) is 0 Å². The second-order valence-corrected chi connectivity index (χ2v) is 7.65. The Morgan fingerprint density at radius 1 is 1.06 bits per heavy atom. The number of fused-ring (bicyclic) bond motifs is 1. The molecule has 0 aliphatic carbocycles. The molecule has 1 aliphatic heterocycles. The topological polar surface area (TPSA) is 99.0 Å². The minimum Gasteiger partial charge on any atom is -0.337 e. The Morgan fingerprint density at radius 3 is 2.72 bits per heavy atom. The van der Waals surface area contributed by atoms with Crippen LogP contribution in [0.3, 0.4) is 0 Å². The summed E-state index contributed by atoms with van der Waals surface area (Å²) >= 11 is 0. The number of aryl methyl sites for hydroxylation is 1. The van der Waals surface area contributed by atoms with Gasteiger partial charge in [0.15, 0.2) is 0 Å². The monoisotopic (exact) mass is 434 g/mol. The van der Waals surface area contributed by atoms with Crippen molar-refractivity contribution in [3.63, 3.8) is 0 Å². The number of amides is 1. The van der Waals surface area contributed by atoms with E-state index >= 15 is 0 Å². The van der Waals surface area contributed by atoms with Crippen molar-refractivity contribution in [2.75, 3.05) is 6.54 Å². The fraction of sp³-hybridized carbons (Fsp3) is 0.227. The minimum atomic E-state index is -0.422. The zero-order valence-corrected chi connectivity index (χ0v) is 17.2. The number of rotatable bonds is 5. The van der Waals surface area contributed by atoms with Gasteiger partial charge in [0.05, 0.1) is 0 Å². The van der Waals surface area contributed by atoms with Gasteiger partial charge in [0.25, 0.3) is 5.91 Å². The number of benzene rings is 2. The molecule has 0 N–H and O–H groups in total. The number of nitrogens with zero attached hydrogens (tertiary/aromatic N) is 6. The highest BCUT2D eigenvalue weighted by molar-refractivity contribution is 5.91. The summed E-state index contributed by atoms with van der Waals surface area (Å²) in [5.41, 5.74) is 2.17. The van der Waals surface area contributed by atoms with Crippen molar-refractivity contribution in [2.24, 2.45) is 0 Å². The fourth-order valence-electron chi connectivity index (χ4n) is 3.74. The highest BCUT2D eigenvalue weighted by Gasteiger charge is 2.30. The molecule has 0 saturated heterocycles. The molecule has 4 aromatic rings. The van der Waals surface area contributed by atoms with Crippen molar-refractivity contribution in [2.45, 2.75) is 26.6 Å². The smallest absolute Gasteiger partial charge is 0.337 e. The largest absolute Gasteiger partial charge is 0.346 e. The third-order valence-electron chi connectivity index (χ3n) is 5.29. The molecule has 162 valence electrons. The molecule has 0 bridgehead atoms. The number of carbonyl (C=O) groups is 1. The lowest BCUT2D eigenvalue weighted by Crippen LogP contribution is -2.42. The van der Waals surface area contributed by atoms with E-state index in [4.69, 9.17) is 4.52 Å². The van der Waals surface area contributed by atoms with Gasteiger partial charge in [-0.05, 0) is 24.6 Å². The molecule has 10 heteroatoms. The van der Waals surface area contributed by atoms with Crippen LogP contribution in [0.15, 0.2) is 57.8 Å². The molecule has 0 radical (unpaired) electrons. The Morgan fingerprint density at radius 2 is 1.91 bits per heavy atom. The fourth-order valence-corrected chi connectivity index (χ4v) is 3.74. The maximum absolute atomic E-state index is 13.4. The Hall–Kier alpha value is -4.08. The van der Waals surface area contributed by atoms with Gasteiger partial charge in [-0.2, -0.15) is 4.98 Å². The summed E-state index contributed by atoms with van der Waals surface area (Å²) in [7, 11) is 0. The maximum Gasteiger partial charge on any atom is 0.346 e. The first kappa shape index (κ1) is 19.9. The Bertz CT molecular complexity index is 1370. The first-order valence-corrected chi connectivity index (χ1v) is 10.1. The predicted octanol–water partition coefficient (Wildman–Crippen LogP) is 2.25. The van der Waals surface area contributed by atoms with Crippen LogP contribution in [-0.4, -0.2) is 41.8 Å². The van der Waals surface area contributed by atoms with Gasteiger partial charge >= 0.3 is 5.69 Å². The van der Waals surface area contributed by atoms with Gasteiger partial charge < -0.3 is 9.42 Å². The Labute approximate surface area is 181 Å². The molecule has 3 heterocycles. The van der Waals surface area contributed by atoms with E-state index in [1.807, 2.05) is 31.2 Å². The lowest BCUT2D eigenvalue weighted by Gasteiger charge is -2.26. The summed E-state index contributed by atoms with van der Waals surface area (Å²) in [6, 6.07) is 13.7. The van der Waals surface area contributed by atoms with Gasteiger partial charge in [-0.3, -0.25) is 9.36 Å². The molecule has 5 rings (SSSR count). The van der Waals surface area contributed by atoms with E-state index in [0.29, 0.717) is 25.2 Å². The van der Waals surface area contributed by atoms with E-state index < -0.39 is 11.5 Å². The number of hydrogen-bond donors (Lipinski definition) is 0. The summed E-state index contributed by atoms with van der Waals surface area (Å²) in [5.74, 6) is -0.304. The second kappa shape index (κ2) is 7.88. The van der Waals surface area contributed by atoms with Crippen LogP contribution in [0.5, 0.6) is 0 Å².